The van der Waals surface area contributed by atoms with Crippen molar-refractivity contribution in [3.05, 3.63) is 42.0 Å². The Hall–Kier alpha value is -1.71. The highest BCUT2D eigenvalue weighted by atomic mass is 15.4. The number of aryl methyl sites for hydroxylation is 1. The molecule has 2 aromatic heterocycles. The molecule has 0 saturated heterocycles. The Labute approximate surface area is 109 Å². The SMILES string of the molecule is CC(C)c1cccnc1.CC(C)c1cn(C)nn1. The molecule has 2 heterocycles. The zero-order valence-electron chi connectivity index (χ0n) is 11.8. The summed E-state index contributed by atoms with van der Waals surface area (Å²) in [6.45, 7) is 8.53. The number of hydrogen-bond acceptors (Lipinski definition) is 3. The normalized spacial score (nSPS) is 10.4. The molecule has 4 heteroatoms. The van der Waals surface area contributed by atoms with E-state index in [1.807, 2.05) is 25.5 Å². The van der Waals surface area contributed by atoms with Crippen LogP contribution in [-0.2, 0) is 7.05 Å². The Kier molecular flexibility index (Phi) is 5.49. The van der Waals surface area contributed by atoms with Crippen molar-refractivity contribution in [1.82, 2.24) is 20.0 Å². The number of pyridine rings is 1. The zero-order chi connectivity index (χ0) is 13.5. The quantitative estimate of drug-likeness (QED) is 0.817. The van der Waals surface area contributed by atoms with Crippen LogP contribution in [0, 0.1) is 0 Å². The van der Waals surface area contributed by atoms with E-state index in [1.165, 1.54) is 5.56 Å². The molecule has 0 amide bonds. The first-order chi connectivity index (χ1) is 8.50. The predicted molar refractivity (Wildman–Crippen MR) is 73.4 cm³/mol. The highest BCUT2D eigenvalue weighted by Crippen LogP contribution is 2.10. The van der Waals surface area contributed by atoms with Crippen molar-refractivity contribution < 1.29 is 0 Å². The van der Waals surface area contributed by atoms with Gasteiger partial charge in [-0.15, -0.1) is 5.10 Å². The van der Waals surface area contributed by atoms with Crippen LogP contribution in [-0.4, -0.2) is 20.0 Å². The smallest absolute Gasteiger partial charge is 0.0852 e. The number of aromatic nitrogens is 4. The van der Waals surface area contributed by atoms with E-state index in [1.54, 1.807) is 10.9 Å². The van der Waals surface area contributed by atoms with E-state index in [2.05, 4.69) is 49.1 Å². The summed E-state index contributed by atoms with van der Waals surface area (Å²) in [5.41, 5.74) is 2.36. The molecular weight excluding hydrogens is 224 g/mol. The molecule has 18 heavy (non-hydrogen) atoms. The largest absolute Gasteiger partial charge is 0.264 e. The summed E-state index contributed by atoms with van der Waals surface area (Å²) in [6.07, 6.45) is 5.64. The fourth-order valence-electron chi connectivity index (χ4n) is 1.35. The van der Waals surface area contributed by atoms with Gasteiger partial charge in [0.2, 0.25) is 0 Å². The van der Waals surface area contributed by atoms with Crippen LogP contribution in [0.15, 0.2) is 30.7 Å². The van der Waals surface area contributed by atoms with Gasteiger partial charge < -0.3 is 0 Å². The average molecular weight is 246 g/mol. The summed E-state index contributed by atoms with van der Waals surface area (Å²) < 4.78 is 1.72. The van der Waals surface area contributed by atoms with Crippen molar-refractivity contribution in [2.24, 2.45) is 7.05 Å². The number of rotatable bonds is 2. The molecule has 0 unspecified atom stereocenters. The van der Waals surface area contributed by atoms with E-state index in [4.69, 9.17) is 0 Å². The van der Waals surface area contributed by atoms with Crippen LogP contribution < -0.4 is 0 Å². The van der Waals surface area contributed by atoms with Crippen molar-refractivity contribution in [1.29, 1.82) is 0 Å². The first kappa shape index (κ1) is 14.4. The molecule has 0 saturated carbocycles. The lowest BCUT2D eigenvalue weighted by Crippen LogP contribution is -1.85. The number of hydrogen-bond donors (Lipinski definition) is 0. The lowest BCUT2D eigenvalue weighted by molar-refractivity contribution is 0.710. The summed E-state index contributed by atoms with van der Waals surface area (Å²) in [5, 5.41) is 7.73. The fraction of sp³-hybridized carbons (Fsp3) is 0.500. The monoisotopic (exact) mass is 246 g/mol. The highest BCUT2D eigenvalue weighted by Gasteiger charge is 2.00. The molecule has 0 aromatic carbocycles. The second kappa shape index (κ2) is 6.89. The van der Waals surface area contributed by atoms with Gasteiger partial charge in [-0.2, -0.15) is 0 Å². The lowest BCUT2D eigenvalue weighted by Gasteiger charge is -2.00. The Balaban J connectivity index is 0.000000180. The second-order valence-corrected chi connectivity index (χ2v) is 4.91. The van der Waals surface area contributed by atoms with E-state index in [0.29, 0.717) is 11.8 Å². The van der Waals surface area contributed by atoms with Crippen LogP contribution in [0.3, 0.4) is 0 Å². The van der Waals surface area contributed by atoms with E-state index >= 15 is 0 Å². The van der Waals surface area contributed by atoms with Crippen LogP contribution in [0.25, 0.3) is 0 Å². The van der Waals surface area contributed by atoms with Gasteiger partial charge in [-0.05, 0) is 23.5 Å². The van der Waals surface area contributed by atoms with Crippen LogP contribution in [0.5, 0.6) is 0 Å². The van der Waals surface area contributed by atoms with E-state index in [0.717, 1.165) is 5.69 Å². The molecule has 2 rings (SSSR count). The fourth-order valence-corrected chi connectivity index (χ4v) is 1.35. The Bertz CT molecular complexity index is 446. The van der Waals surface area contributed by atoms with E-state index in [9.17, 15) is 0 Å². The van der Waals surface area contributed by atoms with Crippen molar-refractivity contribution in [2.75, 3.05) is 0 Å². The molecule has 0 aliphatic heterocycles. The van der Waals surface area contributed by atoms with Crippen molar-refractivity contribution >= 4 is 0 Å². The van der Waals surface area contributed by atoms with Gasteiger partial charge in [-0.25, -0.2) is 0 Å². The molecule has 0 spiro atoms. The lowest BCUT2D eigenvalue weighted by atomic mass is 10.1. The van der Waals surface area contributed by atoms with Gasteiger partial charge in [0.15, 0.2) is 0 Å². The minimum absolute atomic E-state index is 0.485. The summed E-state index contributed by atoms with van der Waals surface area (Å²) >= 11 is 0. The Morgan fingerprint density at radius 2 is 1.83 bits per heavy atom. The molecular formula is C14H22N4. The molecule has 0 aliphatic rings. The second-order valence-electron chi connectivity index (χ2n) is 4.91. The molecule has 98 valence electrons. The van der Waals surface area contributed by atoms with Crippen molar-refractivity contribution in [2.45, 2.75) is 39.5 Å². The van der Waals surface area contributed by atoms with Gasteiger partial charge in [-0.1, -0.05) is 39.0 Å². The average Bonchev–Trinajstić information content (AvgIpc) is 2.78. The Morgan fingerprint density at radius 3 is 2.11 bits per heavy atom. The summed E-state index contributed by atoms with van der Waals surface area (Å²) in [4.78, 5) is 4.01. The minimum Gasteiger partial charge on any atom is -0.264 e. The molecule has 0 aliphatic carbocycles. The van der Waals surface area contributed by atoms with Gasteiger partial charge >= 0.3 is 0 Å². The highest BCUT2D eigenvalue weighted by molar-refractivity contribution is 5.12. The van der Waals surface area contributed by atoms with Crippen LogP contribution in [0.1, 0.15) is 50.8 Å². The first-order valence-corrected chi connectivity index (χ1v) is 6.26. The molecule has 0 N–H and O–H groups in total. The minimum atomic E-state index is 0.485. The summed E-state index contributed by atoms with van der Waals surface area (Å²) in [5.74, 6) is 1.08. The molecule has 0 radical (unpaired) electrons. The molecule has 2 aromatic rings. The standard InChI is InChI=1S/C8H11N.C6H11N3/c1-7(2)8-4-3-5-9-6-8;1-5(2)6-4-9(3)8-7-6/h3-7H,1-2H3;4-5H,1-3H3. The maximum Gasteiger partial charge on any atom is 0.0852 e. The van der Waals surface area contributed by atoms with Crippen LogP contribution in [0.4, 0.5) is 0 Å². The van der Waals surface area contributed by atoms with Gasteiger partial charge in [0.25, 0.3) is 0 Å². The van der Waals surface area contributed by atoms with E-state index in [-0.39, 0.29) is 0 Å². The van der Waals surface area contributed by atoms with Gasteiger partial charge in [0.05, 0.1) is 5.69 Å². The van der Waals surface area contributed by atoms with Crippen molar-refractivity contribution in [3.63, 3.8) is 0 Å². The Morgan fingerprint density at radius 1 is 1.11 bits per heavy atom. The third-order valence-corrected chi connectivity index (χ3v) is 2.56. The van der Waals surface area contributed by atoms with Crippen LogP contribution in [0.2, 0.25) is 0 Å². The third kappa shape index (κ3) is 4.65. The molecule has 0 bridgehead atoms. The maximum absolute atomic E-state index is 4.01. The maximum atomic E-state index is 4.01. The zero-order valence-corrected chi connectivity index (χ0v) is 11.8. The van der Waals surface area contributed by atoms with Crippen LogP contribution >= 0.6 is 0 Å². The van der Waals surface area contributed by atoms with Gasteiger partial charge in [0, 0.05) is 25.6 Å². The third-order valence-electron chi connectivity index (χ3n) is 2.56. The summed E-state index contributed by atoms with van der Waals surface area (Å²) in [6, 6.07) is 4.06. The molecule has 4 nitrogen and oxygen atoms in total. The van der Waals surface area contributed by atoms with Crippen molar-refractivity contribution in [3.8, 4) is 0 Å². The van der Waals surface area contributed by atoms with Gasteiger partial charge in [-0.3, -0.25) is 9.67 Å². The summed E-state index contributed by atoms with van der Waals surface area (Å²) in [7, 11) is 1.87. The molecule has 0 atom stereocenters. The predicted octanol–water partition coefficient (Wildman–Crippen LogP) is 3.14. The van der Waals surface area contributed by atoms with Gasteiger partial charge in [0.1, 0.15) is 0 Å². The topological polar surface area (TPSA) is 43.6 Å². The first-order valence-electron chi connectivity index (χ1n) is 6.26. The molecule has 0 fully saturated rings. The number of nitrogens with zero attached hydrogens (tertiary/aromatic N) is 4. The van der Waals surface area contributed by atoms with E-state index < -0.39 is 0 Å².